The summed E-state index contributed by atoms with van der Waals surface area (Å²) < 4.78 is 0. The molecule has 1 unspecified atom stereocenters. The number of alkyl halides is 1. The van der Waals surface area contributed by atoms with Crippen LogP contribution in [0.15, 0.2) is 30.3 Å². The minimum absolute atomic E-state index is 0.0541. The maximum atomic E-state index is 10.6. The molecule has 3 heteroatoms. The molecule has 1 atom stereocenters. The fourth-order valence-corrected chi connectivity index (χ4v) is 1.24. The van der Waals surface area contributed by atoms with Crippen LogP contribution in [0.2, 0.25) is 0 Å². The first-order valence-corrected chi connectivity index (χ1v) is 4.57. The lowest BCUT2D eigenvalue weighted by Crippen LogP contribution is -2.23. The summed E-state index contributed by atoms with van der Waals surface area (Å²) in [5.74, 6) is -0.0541. The Morgan fingerprint density at radius 2 is 2.08 bits per heavy atom. The first-order valence-electron chi connectivity index (χ1n) is 4.13. The standard InChI is InChI=1S/C10H12ClNO/c1-8(13)12-7-10(11)9-5-3-2-4-6-9/h2-6,10H,7H2,1H3,(H,12,13). The van der Waals surface area contributed by atoms with Gasteiger partial charge in [0.05, 0.1) is 5.38 Å². The van der Waals surface area contributed by atoms with Gasteiger partial charge in [0.25, 0.3) is 0 Å². The van der Waals surface area contributed by atoms with Crippen molar-refractivity contribution in [2.45, 2.75) is 12.3 Å². The van der Waals surface area contributed by atoms with Crippen molar-refractivity contribution in [2.24, 2.45) is 0 Å². The van der Waals surface area contributed by atoms with E-state index in [1.807, 2.05) is 30.3 Å². The summed E-state index contributed by atoms with van der Waals surface area (Å²) in [5, 5.41) is 2.52. The Labute approximate surface area is 82.9 Å². The van der Waals surface area contributed by atoms with Gasteiger partial charge in [-0.25, -0.2) is 0 Å². The largest absolute Gasteiger partial charge is 0.355 e. The molecule has 0 saturated carbocycles. The van der Waals surface area contributed by atoms with E-state index >= 15 is 0 Å². The summed E-state index contributed by atoms with van der Waals surface area (Å²) in [6, 6.07) is 9.68. The summed E-state index contributed by atoms with van der Waals surface area (Å²) in [6.07, 6.45) is 0. The summed E-state index contributed by atoms with van der Waals surface area (Å²) in [4.78, 5) is 10.6. The highest BCUT2D eigenvalue weighted by atomic mass is 35.5. The number of halogens is 1. The summed E-state index contributed by atoms with van der Waals surface area (Å²) in [6.45, 7) is 1.95. The van der Waals surface area contributed by atoms with Crippen LogP contribution in [0.1, 0.15) is 17.9 Å². The molecule has 0 heterocycles. The second-order valence-corrected chi connectivity index (χ2v) is 3.34. The maximum Gasteiger partial charge on any atom is 0.216 e. The smallest absolute Gasteiger partial charge is 0.216 e. The highest BCUT2D eigenvalue weighted by Crippen LogP contribution is 2.18. The molecule has 0 aliphatic rings. The third kappa shape index (κ3) is 3.47. The van der Waals surface area contributed by atoms with Crippen LogP contribution in [-0.2, 0) is 4.79 Å². The van der Waals surface area contributed by atoms with E-state index < -0.39 is 0 Å². The van der Waals surface area contributed by atoms with E-state index in [-0.39, 0.29) is 11.3 Å². The fraction of sp³-hybridized carbons (Fsp3) is 0.300. The van der Waals surface area contributed by atoms with E-state index in [0.717, 1.165) is 5.56 Å². The third-order valence-electron chi connectivity index (χ3n) is 1.69. The number of rotatable bonds is 3. The zero-order valence-corrected chi connectivity index (χ0v) is 8.21. The van der Waals surface area contributed by atoms with Gasteiger partial charge in [-0.3, -0.25) is 4.79 Å². The van der Waals surface area contributed by atoms with Gasteiger partial charge in [0, 0.05) is 13.5 Å². The molecule has 0 radical (unpaired) electrons. The Morgan fingerprint density at radius 1 is 1.46 bits per heavy atom. The zero-order chi connectivity index (χ0) is 9.68. The third-order valence-corrected chi connectivity index (χ3v) is 2.10. The predicted octanol–water partition coefficient (Wildman–Crippen LogP) is 2.10. The average molecular weight is 198 g/mol. The highest BCUT2D eigenvalue weighted by Gasteiger charge is 2.06. The molecule has 70 valence electrons. The normalized spacial score (nSPS) is 12.2. The molecular formula is C10H12ClNO. The monoisotopic (exact) mass is 197 g/mol. The van der Waals surface area contributed by atoms with Crippen LogP contribution in [0.4, 0.5) is 0 Å². The fourth-order valence-electron chi connectivity index (χ4n) is 1.01. The topological polar surface area (TPSA) is 29.1 Å². The van der Waals surface area contributed by atoms with Gasteiger partial charge in [-0.15, -0.1) is 11.6 Å². The minimum Gasteiger partial charge on any atom is -0.355 e. The van der Waals surface area contributed by atoms with E-state index in [4.69, 9.17) is 11.6 Å². The van der Waals surface area contributed by atoms with Gasteiger partial charge in [-0.2, -0.15) is 0 Å². The SMILES string of the molecule is CC(=O)NCC(Cl)c1ccccc1. The first-order chi connectivity index (χ1) is 6.20. The molecule has 1 rings (SSSR count). The molecule has 0 aliphatic heterocycles. The van der Waals surface area contributed by atoms with E-state index in [0.29, 0.717) is 6.54 Å². The van der Waals surface area contributed by atoms with Crippen molar-refractivity contribution in [2.75, 3.05) is 6.54 Å². The van der Waals surface area contributed by atoms with Gasteiger partial charge in [0.15, 0.2) is 0 Å². The lowest BCUT2D eigenvalue weighted by atomic mass is 10.1. The highest BCUT2D eigenvalue weighted by molar-refractivity contribution is 6.21. The summed E-state index contributed by atoms with van der Waals surface area (Å²) in [5.41, 5.74) is 1.03. The number of amides is 1. The molecular weight excluding hydrogens is 186 g/mol. The van der Waals surface area contributed by atoms with Gasteiger partial charge >= 0.3 is 0 Å². The quantitative estimate of drug-likeness (QED) is 0.739. The van der Waals surface area contributed by atoms with Crippen molar-refractivity contribution in [1.29, 1.82) is 0 Å². The van der Waals surface area contributed by atoms with Gasteiger partial charge in [-0.1, -0.05) is 30.3 Å². The molecule has 2 nitrogen and oxygen atoms in total. The minimum atomic E-state index is -0.148. The lowest BCUT2D eigenvalue weighted by molar-refractivity contribution is -0.118. The van der Waals surface area contributed by atoms with Gasteiger partial charge < -0.3 is 5.32 Å². The van der Waals surface area contributed by atoms with E-state index in [1.54, 1.807) is 0 Å². The Hall–Kier alpha value is -1.02. The van der Waals surface area contributed by atoms with Crippen LogP contribution >= 0.6 is 11.6 Å². The predicted molar refractivity (Wildman–Crippen MR) is 53.7 cm³/mol. The van der Waals surface area contributed by atoms with Gasteiger partial charge in [0.2, 0.25) is 5.91 Å². The van der Waals surface area contributed by atoms with E-state index in [2.05, 4.69) is 5.32 Å². The molecule has 0 bridgehead atoms. The number of benzene rings is 1. The van der Waals surface area contributed by atoms with Crippen LogP contribution in [0, 0.1) is 0 Å². The van der Waals surface area contributed by atoms with Crippen molar-refractivity contribution in [3.05, 3.63) is 35.9 Å². The first kappa shape index (κ1) is 10.1. The Bertz CT molecular complexity index is 274. The second-order valence-electron chi connectivity index (χ2n) is 2.82. The van der Waals surface area contributed by atoms with Crippen LogP contribution in [0.25, 0.3) is 0 Å². The van der Waals surface area contributed by atoms with Crippen molar-refractivity contribution in [1.82, 2.24) is 5.32 Å². The van der Waals surface area contributed by atoms with Crippen LogP contribution < -0.4 is 5.32 Å². The van der Waals surface area contributed by atoms with Crippen molar-refractivity contribution < 1.29 is 4.79 Å². The zero-order valence-electron chi connectivity index (χ0n) is 7.46. The van der Waals surface area contributed by atoms with Crippen LogP contribution in [-0.4, -0.2) is 12.5 Å². The van der Waals surface area contributed by atoms with Crippen molar-refractivity contribution in [3.8, 4) is 0 Å². The lowest BCUT2D eigenvalue weighted by Gasteiger charge is -2.09. The number of nitrogens with one attached hydrogen (secondary N) is 1. The molecule has 0 saturated heterocycles. The maximum absolute atomic E-state index is 10.6. The second kappa shape index (κ2) is 4.87. The molecule has 13 heavy (non-hydrogen) atoms. The summed E-state index contributed by atoms with van der Waals surface area (Å²) in [7, 11) is 0. The van der Waals surface area contributed by atoms with Crippen LogP contribution in [0.3, 0.4) is 0 Å². The van der Waals surface area contributed by atoms with Crippen molar-refractivity contribution >= 4 is 17.5 Å². The van der Waals surface area contributed by atoms with Crippen molar-refractivity contribution in [3.63, 3.8) is 0 Å². The molecule has 1 aromatic rings. The molecule has 1 N–H and O–H groups in total. The number of carbonyl (C=O) groups excluding carboxylic acids is 1. The Balaban J connectivity index is 2.49. The van der Waals surface area contributed by atoms with Crippen LogP contribution in [0.5, 0.6) is 0 Å². The van der Waals surface area contributed by atoms with E-state index in [1.165, 1.54) is 6.92 Å². The van der Waals surface area contributed by atoms with Gasteiger partial charge in [-0.05, 0) is 5.56 Å². The molecule has 0 aliphatic carbocycles. The average Bonchev–Trinajstić information content (AvgIpc) is 2.15. The Morgan fingerprint density at radius 3 is 2.62 bits per heavy atom. The number of carbonyl (C=O) groups is 1. The molecule has 0 fully saturated rings. The molecule has 0 spiro atoms. The molecule has 0 aromatic heterocycles. The number of hydrogen-bond donors (Lipinski definition) is 1. The van der Waals surface area contributed by atoms with Gasteiger partial charge in [0.1, 0.15) is 0 Å². The summed E-state index contributed by atoms with van der Waals surface area (Å²) >= 11 is 6.04. The molecule has 1 amide bonds. The molecule has 1 aromatic carbocycles. The number of hydrogen-bond acceptors (Lipinski definition) is 1. The van der Waals surface area contributed by atoms with E-state index in [9.17, 15) is 4.79 Å². The Kier molecular flexibility index (Phi) is 3.77.